The van der Waals surface area contributed by atoms with Gasteiger partial charge in [0.25, 0.3) is 15.9 Å². The van der Waals surface area contributed by atoms with Gasteiger partial charge >= 0.3 is 0 Å². The molecule has 6 nitrogen and oxygen atoms in total. The lowest BCUT2D eigenvalue weighted by Crippen LogP contribution is -2.41. The number of hydrogen-bond donors (Lipinski definition) is 2. The van der Waals surface area contributed by atoms with Crippen molar-refractivity contribution in [2.75, 3.05) is 0 Å². The van der Waals surface area contributed by atoms with Gasteiger partial charge in [-0.05, 0) is 44.2 Å². The Morgan fingerprint density at radius 2 is 1.81 bits per heavy atom. The van der Waals surface area contributed by atoms with E-state index in [1.54, 1.807) is 6.07 Å². The molecule has 0 spiro atoms. The number of para-hydroxylation sites is 1. The number of carbonyl (C=O) groups is 1. The number of hydrazine groups is 1. The van der Waals surface area contributed by atoms with Crippen LogP contribution in [0.4, 0.5) is 0 Å². The van der Waals surface area contributed by atoms with Crippen molar-refractivity contribution in [2.24, 2.45) is 0 Å². The van der Waals surface area contributed by atoms with Crippen LogP contribution in [0.3, 0.4) is 0 Å². The second kappa shape index (κ2) is 7.24. The maximum absolute atomic E-state index is 12.5. The predicted octanol–water partition coefficient (Wildman–Crippen LogP) is 3.43. The van der Waals surface area contributed by atoms with E-state index in [1.807, 2.05) is 48.7 Å². The number of aromatic nitrogens is 1. The monoisotopic (exact) mass is 409 g/mol. The molecule has 0 atom stereocenters. The number of nitrogens with one attached hydrogen (secondary N) is 2. The molecule has 26 heavy (non-hydrogen) atoms. The summed E-state index contributed by atoms with van der Waals surface area (Å²) >= 11 is 6.67. The largest absolute Gasteiger partial charge is 0.318 e. The zero-order valence-electron chi connectivity index (χ0n) is 14.0. The van der Waals surface area contributed by atoms with Gasteiger partial charge in [-0.15, -0.1) is 16.2 Å². The third-order valence-electron chi connectivity index (χ3n) is 3.80. The van der Waals surface area contributed by atoms with Crippen molar-refractivity contribution in [3.8, 4) is 5.69 Å². The van der Waals surface area contributed by atoms with Crippen LogP contribution >= 0.6 is 22.9 Å². The summed E-state index contributed by atoms with van der Waals surface area (Å²) in [4.78, 5) is 14.6. The van der Waals surface area contributed by atoms with Gasteiger partial charge in [0.15, 0.2) is 0 Å². The van der Waals surface area contributed by atoms with Crippen molar-refractivity contribution in [3.05, 3.63) is 69.8 Å². The van der Waals surface area contributed by atoms with Crippen LogP contribution in [0.15, 0.2) is 52.7 Å². The first-order valence-electron chi connectivity index (χ1n) is 7.61. The van der Waals surface area contributed by atoms with Gasteiger partial charge in [0.05, 0.1) is 9.90 Å². The Balaban J connectivity index is 1.81. The average Bonchev–Trinajstić information content (AvgIpc) is 3.17. The third-order valence-corrected chi connectivity index (χ3v) is 6.77. The summed E-state index contributed by atoms with van der Waals surface area (Å²) in [6.07, 6.45) is 0. The minimum Gasteiger partial charge on any atom is -0.318 e. The normalized spacial score (nSPS) is 11.5. The molecule has 0 saturated carbocycles. The fraction of sp³-hybridized carbons (Fsp3) is 0.118. The number of thiophene rings is 1. The van der Waals surface area contributed by atoms with Gasteiger partial charge in [-0.3, -0.25) is 10.2 Å². The molecule has 2 N–H and O–H groups in total. The van der Waals surface area contributed by atoms with E-state index in [2.05, 4.69) is 10.3 Å². The van der Waals surface area contributed by atoms with Crippen molar-refractivity contribution < 1.29 is 13.2 Å². The standard InChI is InChI=1S/C17H16ClN3O3S2/c1-11-10-14(12(2)21(11)13-6-4-3-5-7-13)17(22)19-20-26(23,24)16-9-8-15(18)25-16/h3-10,20H,1-2H3,(H,19,22). The summed E-state index contributed by atoms with van der Waals surface area (Å²) in [5.41, 5.74) is 5.15. The van der Waals surface area contributed by atoms with Gasteiger partial charge in [-0.1, -0.05) is 29.8 Å². The topological polar surface area (TPSA) is 80.2 Å². The average molecular weight is 410 g/mol. The molecule has 0 aliphatic heterocycles. The van der Waals surface area contributed by atoms with Crippen LogP contribution in [0, 0.1) is 13.8 Å². The van der Waals surface area contributed by atoms with E-state index in [4.69, 9.17) is 11.6 Å². The molecule has 3 aromatic rings. The summed E-state index contributed by atoms with van der Waals surface area (Å²) in [5, 5.41) is 0. The van der Waals surface area contributed by atoms with E-state index < -0.39 is 15.9 Å². The first-order chi connectivity index (χ1) is 12.3. The quantitative estimate of drug-likeness (QED) is 0.633. The Hall–Kier alpha value is -2.13. The lowest BCUT2D eigenvalue weighted by Gasteiger charge is -2.10. The van der Waals surface area contributed by atoms with E-state index >= 15 is 0 Å². The molecule has 9 heteroatoms. The number of nitrogens with zero attached hydrogens (tertiary/aromatic N) is 1. The highest BCUT2D eigenvalue weighted by atomic mass is 35.5. The summed E-state index contributed by atoms with van der Waals surface area (Å²) in [5.74, 6) is -0.536. The Morgan fingerprint density at radius 1 is 1.12 bits per heavy atom. The fourth-order valence-corrected chi connectivity index (χ4v) is 4.96. The highest BCUT2D eigenvalue weighted by Crippen LogP contribution is 2.25. The van der Waals surface area contributed by atoms with Crippen LogP contribution in [-0.2, 0) is 10.0 Å². The van der Waals surface area contributed by atoms with Crippen molar-refractivity contribution in [1.29, 1.82) is 0 Å². The third kappa shape index (κ3) is 3.68. The molecule has 0 radical (unpaired) electrons. The number of rotatable bonds is 5. The molecule has 2 aromatic heterocycles. The number of hydrogen-bond acceptors (Lipinski definition) is 4. The zero-order chi connectivity index (χ0) is 18.9. The molecule has 0 aliphatic rings. The van der Waals surface area contributed by atoms with Gasteiger partial charge in [0.1, 0.15) is 4.21 Å². The molecule has 2 heterocycles. The molecule has 0 bridgehead atoms. The van der Waals surface area contributed by atoms with Crippen LogP contribution < -0.4 is 10.3 Å². The molecule has 1 aromatic carbocycles. The van der Waals surface area contributed by atoms with Crippen molar-refractivity contribution >= 4 is 38.9 Å². The molecule has 3 rings (SSSR count). The van der Waals surface area contributed by atoms with Gasteiger partial charge < -0.3 is 4.57 Å². The molecule has 136 valence electrons. The Labute approximate surface area is 160 Å². The first-order valence-corrected chi connectivity index (χ1v) is 10.3. The van der Waals surface area contributed by atoms with E-state index in [0.29, 0.717) is 15.6 Å². The molecular formula is C17H16ClN3O3S2. The van der Waals surface area contributed by atoms with Gasteiger partial charge in [-0.25, -0.2) is 8.42 Å². The SMILES string of the molecule is Cc1cc(C(=O)NNS(=O)(=O)c2ccc(Cl)s2)c(C)n1-c1ccccc1. The van der Waals surface area contributed by atoms with Crippen LogP contribution in [0.25, 0.3) is 5.69 Å². The van der Waals surface area contributed by atoms with E-state index in [1.165, 1.54) is 12.1 Å². The molecule has 0 unspecified atom stereocenters. The van der Waals surface area contributed by atoms with Crippen molar-refractivity contribution in [3.63, 3.8) is 0 Å². The number of sulfonamides is 1. The second-order valence-corrected chi connectivity index (χ2v) is 9.20. The lowest BCUT2D eigenvalue weighted by molar-refractivity contribution is 0.0944. The molecule has 0 aliphatic carbocycles. The number of benzene rings is 1. The Kier molecular flexibility index (Phi) is 5.19. The van der Waals surface area contributed by atoms with Crippen LogP contribution in [0.2, 0.25) is 4.34 Å². The van der Waals surface area contributed by atoms with Crippen molar-refractivity contribution in [2.45, 2.75) is 18.1 Å². The summed E-state index contributed by atoms with van der Waals surface area (Å²) in [6, 6.07) is 14.2. The van der Waals surface area contributed by atoms with Crippen LogP contribution in [0.1, 0.15) is 21.7 Å². The van der Waals surface area contributed by atoms with Crippen LogP contribution in [-0.4, -0.2) is 18.9 Å². The zero-order valence-corrected chi connectivity index (χ0v) is 16.4. The number of carbonyl (C=O) groups excluding carboxylic acids is 1. The summed E-state index contributed by atoms with van der Waals surface area (Å²) in [6.45, 7) is 3.69. The van der Waals surface area contributed by atoms with Gasteiger partial charge in [-0.2, -0.15) is 0 Å². The minimum atomic E-state index is -3.87. The van der Waals surface area contributed by atoms with E-state index in [0.717, 1.165) is 22.7 Å². The smallest absolute Gasteiger partial charge is 0.268 e. The number of halogens is 1. The molecular weight excluding hydrogens is 394 g/mol. The Bertz CT molecular complexity index is 1060. The maximum Gasteiger partial charge on any atom is 0.268 e. The molecule has 0 fully saturated rings. The van der Waals surface area contributed by atoms with E-state index in [9.17, 15) is 13.2 Å². The maximum atomic E-state index is 12.5. The van der Waals surface area contributed by atoms with Gasteiger partial charge in [0.2, 0.25) is 0 Å². The van der Waals surface area contributed by atoms with Crippen molar-refractivity contribution in [1.82, 2.24) is 14.8 Å². The predicted molar refractivity (Wildman–Crippen MR) is 102 cm³/mol. The fourth-order valence-electron chi connectivity index (χ4n) is 2.64. The molecule has 0 saturated heterocycles. The number of aryl methyl sites for hydroxylation is 1. The van der Waals surface area contributed by atoms with E-state index in [-0.39, 0.29) is 4.21 Å². The minimum absolute atomic E-state index is 0.0255. The lowest BCUT2D eigenvalue weighted by atomic mass is 10.2. The van der Waals surface area contributed by atoms with Crippen LogP contribution in [0.5, 0.6) is 0 Å². The highest BCUT2D eigenvalue weighted by molar-refractivity contribution is 7.91. The Morgan fingerprint density at radius 3 is 2.42 bits per heavy atom. The summed E-state index contributed by atoms with van der Waals surface area (Å²) < 4.78 is 26.7. The molecule has 1 amide bonds. The summed E-state index contributed by atoms with van der Waals surface area (Å²) in [7, 11) is -3.87. The van der Waals surface area contributed by atoms with Gasteiger partial charge in [0, 0.05) is 17.1 Å². The first kappa shape index (κ1) is 18.7. The second-order valence-electron chi connectivity index (χ2n) is 5.57. The highest BCUT2D eigenvalue weighted by Gasteiger charge is 2.20. The number of amides is 1.